The van der Waals surface area contributed by atoms with Gasteiger partial charge in [-0.25, -0.2) is 0 Å². The lowest BCUT2D eigenvalue weighted by Crippen LogP contribution is -2.05. The van der Waals surface area contributed by atoms with Gasteiger partial charge in [-0.1, -0.05) is 30.3 Å². The molecule has 0 fully saturated rings. The van der Waals surface area contributed by atoms with Crippen LogP contribution in [-0.2, 0) is 11.2 Å². The molecular formula is C15H14O2S. The number of phenolic OH excluding ortho intramolecular Hbond substituents is 1. The highest BCUT2D eigenvalue weighted by Crippen LogP contribution is 2.18. The number of benzene rings is 2. The lowest BCUT2D eigenvalue weighted by atomic mass is 10.1. The summed E-state index contributed by atoms with van der Waals surface area (Å²) in [4.78, 5) is 12.9. The van der Waals surface area contributed by atoms with Crippen molar-refractivity contribution in [1.29, 1.82) is 0 Å². The summed E-state index contributed by atoms with van der Waals surface area (Å²) in [5.41, 5.74) is 0.937. The topological polar surface area (TPSA) is 37.3 Å². The summed E-state index contributed by atoms with van der Waals surface area (Å²) in [5.74, 6) is 0.893. The van der Waals surface area contributed by atoms with Crippen molar-refractivity contribution in [2.24, 2.45) is 0 Å². The van der Waals surface area contributed by atoms with Gasteiger partial charge in [-0.3, -0.25) is 4.79 Å². The second kappa shape index (κ2) is 6.26. The van der Waals surface area contributed by atoms with Crippen LogP contribution in [0.3, 0.4) is 0 Å². The first-order valence-electron chi connectivity index (χ1n) is 5.71. The van der Waals surface area contributed by atoms with Crippen molar-refractivity contribution in [2.45, 2.75) is 11.3 Å². The zero-order valence-electron chi connectivity index (χ0n) is 9.87. The first-order valence-corrected chi connectivity index (χ1v) is 6.70. The van der Waals surface area contributed by atoms with Crippen LogP contribution < -0.4 is 0 Å². The van der Waals surface area contributed by atoms with Gasteiger partial charge in [-0.05, 0) is 29.8 Å². The number of Topliss-reactive ketones (excluding diaryl/α,β-unsaturated/α-hetero) is 1. The van der Waals surface area contributed by atoms with Crippen LogP contribution in [0.4, 0.5) is 0 Å². The molecule has 0 aliphatic carbocycles. The molecule has 1 N–H and O–H groups in total. The van der Waals surface area contributed by atoms with Gasteiger partial charge < -0.3 is 5.11 Å². The first kappa shape index (κ1) is 12.7. The average molecular weight is 258 g/mol. The molecule has 0 heterocycles. The number of aromatic hydroxyl groups is 1. The van der Waals surface area contributed by atoms with Gasteiger partial charge in [0.15, 0.2) is 0 Å². The van der Waals surface area contributed by atoms with E-state index in [-0.39, 0.29) is 11.5 Å². The smallest absolute Gasteiger partial charge is 0.147 e. The zero-order valence-corrected chi connectivity index (χ0v) is 10.7. The first-order chi connectivity index (χ1) is 8.74. The van der Waals surface area contributed by atoms with Crippen molar-refractivity contribution in [3.8, 4) is 5.75 Å². The lowest BCUT2D eigenvalue weighted by molar-refractivity contribution is -0.116. The van der Waals surface area contributed by atoms with Crippen LogP contribution in [0.25, 0.3) is 0 Å². The zero-order chi connectivity index (χ0) is 12.8. The maximum atomic E-state index is 11.8. The summed E-state index contributed by atoms with van der Waals surface area (Å²) in [6, 6.07) is 16.7. The summed E-state index contributed by atoms with van der Waals surface area (Å²) in [6.07, 6.45) is 0.417. The minimum absolute atomic E-state index is 0.189. The predicted octanol–water partition coefficient (Wildman–Crippen LogP) is 3.30. The average Bonchev–Trinajstić information content (AvgIpc) is 2.40. The molecule has 2 aromatic carbocycles. The third kappa shape index (κ3) is 3.93. The lowest BCUT2D eigenvalue weighted by Gasteiger charge is -2.02. The van der Waals surface area contributed by atoms with E-state index < -0.39 is 0 Å². The second-order valence-electron chi connectivity index (χ2n) is 3.98. The molecule has 0 saturated heterocycles. The molecule has 92 valence electrons. The Morgan fingerprint density at radius 2 is 1.67 bits per heavy atom. The number of hydrogen-bond acceptors (Lipinski definition) is 3. The Hall–Kier alpha value is -1.74. The van der Waals surface area contributed by atoms with Crippen molar-refractivity contribution >= 4 is 17.5 Å². The number of ketones is 1. The van der Waals surface area contributed by atoms with E-state index in [0.717, 1.165) is 10.5 Å². The van der Waals surface area contributed by atoms with E-state index in [2.05, 4.69) is 0 Å². The fourth-order valence-electron chi connectivity index (χ4n) is 1.57. The Morgan fingerprint density at radius 1 is 1.00 bits per heavy atom. The fourth-order valence-corrected chi connectivity index (χ4v) is 2.35. The highest BCUT2D eigenvalue weighted by atomic mass is 32.2. The van der Waals surface area contributed by atoms with Crippen molar-refractivity contribution in [3.63, 3.8) is 0 Å². The summed E-state index contributed by atoms with van der Waals surface area (Å²) in [5, 5.41) is 9.15. The Bertz CT molecular complexity index is 506. The molecule has 0 saturated carbocycles. The number of hydrogen-bond donors (Lipinski definition) is 1. The largest absolute Gasteiger partial charge is 0.508 e. The molecule has 0 aromatic heterocycles. The van der Waals surface area contributed by atoms with Gasteiger partial charge in [0, 0.05) is 11.3 Å². The van der Waals surface area contributed by atoms with E-state index >= 15 is 0 Å². The van der Waals surface area contributed by atoms with Crippen LogP contribution in [0.2, 0.25) is 0 Å². The number of phenols is 1. The summed E-state index contributed by atoms with van der Waals surface area (Å²) < 4.78 is 0. The minimum Gasteiger partial charge on any atom is -0.508 e. The third-order valence-corrected chi connectivity index (χ3v) is 3.55. The molecular weight excluding hydrogens is 244 g/mol. The molecule has 2 aromatic rings. The van der Waals surface area contributed by atoms with E-state index in [4.69, 9.17) is 5.11 Å². The van der Waals surface area contributed by atoms with Crippen molar-refractivity contribution in [2.75, 3.05) is 5.75 Å². The van der Waals surface area contributed by atoms with E-state index in [1.807, 2.05) is 30.3 Å². The van der Waals surface area contributed by atoms with Gasteiger partial charge in [0.25, 0.3) is 0 Å². The van der Waals surface area contributed by atoms with E-state index in [9.17, 15) is 4.79 Å². The van der Waals surface area contributed by atoms with Gasteiger partial charge in [0.05, 0.1) is 5.75 Å². The molecule has 0 aliphatic rings. The van der Waals surface area contributed by atoms with Gasteiger partial charge in [0.1, 0.15) is 11.5 Å². The maximum absolute atomic E-state index is 11.8. The highest BCUT2D eigenvalue weighted by Gasteiger charge is 2.04. The van der Waals surface area contributed by atoms with Crippen LogP contribution in [0.1, 0.15) is 5.56 Å². The number of carbonyl (C=O) groups is 1. The Balaban J connectivity index is 1.84. The molecule has 0 amide bonds. The van der Waals surface area contributed by atoms with Crippen molar-refractivity contribution in [3.05, 3.63) is 60.2 Å². The van der Waals surface area contributed by atoms with Gasteiger partial charge in [-0.2, -0.15) is 0 Å². The van der Waals surface area contributed by atoms with Gasteiger partial charge >= 0.3 is 0 Å². The minimum atomic E-state index is 0.189. The van der Waals surface area contributed by atoms with Gasteiger partial charge in [0.2, 0.25) is 0 Å². The Labute approximate surface area is 111 Å². The van der Waals surface area contributed by atoms with E-state index in [0.29, 0.717) is 12.2 Å². The fraction of sp³-hybridized carbons (Fsp3) is 0.133. The third-order valence-electron chi connectivity index (χ3n) is 2.48. The Morgan fingerprint density at radius 3 is 2.33 bits per heavy atom. The number of carbonyl (C=O) groups excluding carboxylic acids is 1. The predicted molar refractivity (Wildman–Crippen MR) is 74.0 cm³/mol. The molecule has 18 heavy (non-hydrogen) atoms. The molecule has 0 aliphatic heterocycles. The van der Waals surface area contributed by atoms with E-state index in [1.165, 1.54) is 0 Å². The molecule has 2 rings (SSSR count). The molecule has 2 nitrogen and oxygen atoms in total. The summed E-state index contributed by atoms with van der Waals surface area (Å²) >= 11 is 1.55. The second-order valence-corrected chi connectivity index (χ2v) is 5.03. The van der Waals surface area contributed by atoms with Crippen LogP contribution in [-0.4, -0.2) is 16.6 Å². The van der Waals surface area contributed by atoms with Crippen molar-refractivity contribution < 1.29 is 9.90 Å². The summed E-state index contributed by atoms with van der Waals surface area (Å²) in [7, 11) is 0. The van der Waals surface area contributed by atoms with Crippen molar-refractivity contribution in [1.82, 2.24) is 0 Å². The van der Waals surface area contributed by atoms with Crippen LogP contribution in [0, 0.1) is 0 Å². The molecule has 0 bridgehead atoms. The maximum Gasteiger partial charge on any atom is 0.147 e. The molecule has 0 atom stereocenters. The van der Waals surface area contributed by atoms with Crippen LogP contribution >= 0.6 is 11.8 Å². The van der Waals surface area contributed by atoms with Gasteiger partial charge in [-0.15, -0.1) is 11.8 Å². The van der Waals surface area contributed by atoms with E-state index in [1.54, 1.807) is 36.0 Å². The number of rotatable bonds is 5. The highest BCUT2D eigenvalue weighted by molar-refractivity contribution is 8.00. The SMILES string of the molecule is O=C(CSc1ccccc1)Cc1ccc(O)cc1. The van der Waals surface area contributed by atoms with Crippen LogP contribution in [0.5, 0.6) is 5.75 Å². The quantitative estimate of drug-likeness (QED) is 0.836. The molecule has 0 spiro atoms. The summed E-state index contributed by atoms with van der Waals surface area (Å²) in [6.45, 7) is 0. The molecule has 3 heteroatoms. The molecule has 0 unspecified atom stereocenters. The number of thioether (sulfide) groups is 1. The normalized spacial score (nSPS) is 10.2. The Kier molecular flexibility index (Phi) is 4.42. The standard InChI is InChI=1S/C15H14O2S/c16-13-8-6-12(7-9-13)10-14(17)11-18-15-4-2-1-3-5-15/h1-9,16H,10-11H2. The monoisotopic (exact) mass is 258 g/mol. The molecule has 0 radical (unpaired) electrons. The van der Waals surface area contributed by atoms with Crippen LogP contribution in [0.15, 0.2) is 59.5 Å².